The van der Waals surface area contributed by atoms with Crippen LogP contribution in [-0.2, 0) is 16.0 Å². The van der Waals surface area contributed by atoms with Crippen molar-refractivity contribution in [3.05, 3.63) is 23.8 Å². The van der Waals surface area contributed by atoms with E-state index in [9.17, 15) is 9.90 Å². The number of ether oxygens (including phenoxy) is 2. The van der Waals surface area contributed by atoms with E-state index in [4.69, 9.17) is 15.2 Å². The second-order valence-corrected chi connectivity index (χ2v) is 4.47. The normalized spacial score (nSPS) is 11.9. The molecule has 0 radical (unpaired) electrons. The van der Waals surface area contributed by atoms with Crippen LogP contribution >= 0.6 is 15.9 Å². The van der Waals surface area contributed by atoms with E-state index in [1.54, 1.807) is 12.1 Å². The van der Waals surface area contributed by atoms with E-state index < -0.39 is 12.0 Å². The summed E-state index contributed by atoms with van der Waals surface area (Å²) in [5.41, 5.74) is 6.45. The van der Waals surface area contributed by atoms with Gasteiger partial charge in [-0.05, 0) is 24.1 Å². The van der Waals surface area contributed by atoms with Crippen LogP contribution in [0.5, 0.6) is 11.5 Å². The molecule has 100 valence electrons. The Morgan fingerprint density at radius 2 is 2.28 bits per heavy atom. The Morgan fingerprint density at radius 1 is 1.56 bits per heavy atom. The molecule has 0 aliphatic heterocycles. The van der Waals surface area contributed by atoms with Gasteiger partial charge in [-0.3, -0.25) is 4.79 Å². The molecule has 0 saturated heterocycles. The van der Waals surface area contributed by atoms with Gasteiger partial charge in [0.15, 0.2) is 11.5 Å². The predicted molar refractivity (Wildman–Crippen MR) is 71.1 cm³/mol. The molecule has 0 amide bonds. The first-order chi connectivity index (χ1) is 8.58. The van der Waals surface area contributed by atoms with Gasteiger partial charge in [0.1, 0.15) is 12.6 Å². The second kappa shape index (κ2) is 7.23. The lowest BCUT2D eigenvalue weighted by molar-refractivity contribution is -0.144. The van der Waals surface area contributed by atoms with Crippen LogP contribution in [0, 0.1) is 0 Å². The molecule has 0 aliphatic carbocycles. The van der Waals surface area contributed by atoms with Crippen LogP contribution in [-0.4, -0.2) is 36.2 Å². The fourth-order valence-corrected chi connectivity index (χ4v) is 1.61. The number of nitrogens with two attached hydrogens (primary N) is 1. The molecule has 1 rings (SSSR count). The molecule has 0 spiro atoms. The lowest BCUT2D eigenvalue weighted by atomic mass is 10.1. The summed E-state index contributed by atoms with van der Waals surface area (Å²) in [4.78, 5) is 11.5. The average molecular weight is 318 g/mol. The van der Waals surface area contributed by atoms with Gasteiger partial charge >= 0.3 is 5.97 Å². The van der Waals surface area contributed by atoms with Gasteiger partial charge in [-0.2, -0.15) is 0 Å². The number of hydrogen-bond donors (Lipinski definition) is 2. The van der Waals surface area contributed by atoms with E-state index in [1.165, 1.54) is 13.2 Å². The largest absolute Gasteiger partial charge is 0.504 e. The number of rotatable bonds is 6. The van der Waals surface area contributed by atoms with Crippen LogP contribution in [0.2, 0.25) is 0 Å². The summed E-state index contributed by atoms with van der Waals surface area (Å²) in [6, 6.07) is 4.16. The maximum atomic E-state index is 11.5. The summed E-state index contributed by atoms with van der Waals surface area (Å²) in [5.74, 6) is -0.0463. The molecule has 0 saturated carbocycles. The van der Waals surface area contributed by atoms with Crippen LogP contribution in [0.15, 0.2) is 18.2 Å². The highest BCUT2D eigenvalue weighted by Gasteiger charge is 2.16. The fourth-order valence-electron chi connectivity index (χ4n) is 1.45. The van der Waals surface area contributed by atoms with Crippen molar-refractivity contribution in [1.82, 2.24) is 0 Å². The number of phenolic OH excluding ortho intramolecular Hbond substituents is 1. The number of hydrogen-bond acceptors (Lipinski definition) is 5. The Kier molecular flexibility index (Phi) is 5.94. The van der Waals surface area contributed by atoms with Gasteiger partial charge in [0.25, 0.3) is 0 Å². The molecule has 0 aromatic heterocycles. The fraction of sp³-hybridized carbons (Fsp3) is 0.417. The molecule has 0 heterocycles. The minimum Gasteiger partial charge on any atom is -0.504 e. The summed E-state index contributed by atoms with van der Waals surface area (Å²) in [6.45, 7) is 0.292. The van der Waals surface area contributed by atoms with Gasteiger partial charge in [-0.25, -0.2) is 0 Å². The van der Waals surface area contributed by atoms with Gasteiger partial charge in [-0.15, -0.1) is 0 Å². The zero-order valence-electron chi connectivity index (χ0n) is 10.1. The van der Waals surface area contributed by atoms with E-state index in [2.05, 4.69) is 15.9 Å². The Balaban J connectivity index is 2.61. The summed E-state index contributed by atoms with van der Waals surface area (Å²) >= 11 is 3.15. The number of benzene rings is 1. The Bertz CT molecular complexity index is 411. The third-order valence-electron chi connectivity index (χ3n) is 2.32. The molecule has 1 atom stereocenters. The van der Waals surface area contributed by atoms with Crippen molar-refractivity contribution in [3.8, 4) is 11.5 Å². The summed E-state index contributed by atoms with van der Waals surface area (Å²) in [5, 5.41) is 10.2. The molecule has 0 bridgehead atoms. The number of methoxy groups -OCH3 is 1. The summed E-state index contributed by atoms with van der Waals surface area (Å²) < 4.78 is 9.83. The van der Waals surface area contributed by atoms with Crippen molar-refractivity contribution in [2.75, 3.05) is 19.0 Å². The van der Waals surface area contributed by atoms with Gasteiger partial charge in [-0.1, -0.05) is 22.0 Å². The lowest BCUT2D eigenvalue weighted by Gasteiger charge is -2.12. The lowest BCUT2D eigenvalue weighted by Crippen LogP contribution is -2.34. The van der Waals surface area contributed by atoms with Crippen molar-refractivity contribution in [2.24, 2.45) is 5.73 Å². The van der Waals surface area contributed by atoms with E-state index >= 15 is 0 Å². The Morgan fingerprint density at radius 3 is 2.83 bits per heavy atom. The van der Waals surface area contributed by atoms with Crippen molar-refractivity contribution < 1.29 is 19.4 Å². The highest BCUT2D eigenvalue weighted by molar-refractivity contribution is 9.09. The minimum atomic E-state index is -0.739. The minimum absolute atomic E-state index is 0.0241. The number of phenols is 1. The van der Waals surface area contributed by atoms with Crippen molar-refractivity contribution in [2.45, 2.75) is 12.5 Å². The van der Waals surface area contributed by atoms with Gasteiger partial charge in [0.2, 0.25) is 0 Å². The molecule has 0 fully saturated rings. The molecule has 5 nitrogen and oxygen atoms in total. The molecule has 18 heavy (non-hydrogen) atoms. The zero-order chi connectivity index (χ0) is 13.5. The maximum absolute atomic E-state index is 11.5. The third kappa shape index (κ3) is 4.19. The van der Waals surface area contributed by atoms with E-state index in [1.807, 2.05) is 0 Å². The van der Waals surface area contributed by atoms with Crippen LogP contribution in [0.4, 0.5) is 0 Å². The smallest absolute Gasteiger partial charge is 0.323 e. The maximum Gasteiger partial charge on any atom is 0.323 e. The topological polar surface area (TPSA) is 81.8 Å². The van der Waals surface area contributed by atoms with E-state index in [-0.39, 0.29) is 5.75 Å². The van der Waals surface area contributed by atoms with Crippen molar-refractivity contribution in [3.63, 3.8) is 0 Å². The number of aromatic hydroxyl groups is 1. The molecule has 3 N–H and O–H groups in total. The van der Waals surface area contributed by atoms with Crippen LogP contribution in [0.25, 0.3) is 0 Å². The summed E-state index contributed by atoms with van der Waals surface area (Å²) in [7, 11) is 1.47. The standard InChI is InChI=1S/C12H16BrNO4/c1-17-11-3-2-8(7-10(11)15)6-9(14)12(16)18-5-4-13/h2-3,7,9,15H,4-6,14H2,1H3/t9-/m0/s1. The van der Waals surface area contributed by atoms with Crippen LogP contribution in [0.1, 0.15) is 5.56 Å². The molecular formula is C12H16BrNO4. The van der Waals surface area contributed by atoms with Gasteiger partial charge in [0, 0.05) is 5.33 Å². The van der Waals surface area contributed by atoms with Crippen molar-refractivity contribution >= 4 is 21.9 Å². The number of esters is 1. The average Bonchev–Trinajstić information content (AvgIpc) is 2.36. The predicted octanol–water partition coefficient (Wildman–Crippen LogP) is 1.21. The van der Waals surface area contributed by atoms with Crippen LogP contribution < -0.4 is 10.5 Å². The van der Waals surface area contributed by atoms with Crippen LogP contribution in [0.3, 0.4) is 0 Å². The highest BCUT2D eigenvalue weighted by atomic mass is 79.9. The van der Waals surface area contributed by atoms with E-state index in [0.29, 0.717) is 24.1 Å². The Labute approximate surface area is 114 Å². The molecule has 1 aromatic rings. The quantitative estimate of drug-likeness (QED) is 0.609. The second-order valence-electron chi connectivity index (χ2n) is 3.67. The third-order valence-corrected chi connectivity index (χ3v) is 2.65. The molecule has 0 aliphatic rings. The number of halogens is 1. The van der Waals surface area contributed by atoms with E-state index in [0.717, 1.165) is 5.56 Å². The molecular weight excluding hydrogens is 302 g/mol. The van der Waals surface area contributed by atoms with Gasteiger partial charge < -0.3 is 20.3 Å². The van der Waals surface area contributed by atoms with Gasteiger partial charge in [0.05, 0.1) is 7.11 Å². The molecule has 0 unspecified atom stereocenters. The first-order valence-corrected chi connectivity index (χ1v) is 6.54. The number of carbonyl (C=O) groups is 1. The summed E-state index contributed by atoms with van der Waals surface area (Å²) in [6.07, 6.45) is 0.304. The first-order valence-electron chi connectivity index (χ1n) is 5.42. The molecule has 6 heteroatoms. The Hall–Kier alpha value is -1.27. The number of alkyl halides is 1. The zero-order valence-corrected chi connectivity index (χ0v) is 11.6. The molecule has 1 aromatic carbocycles. The van der Waals surface area contributed by atoms with Crippen molar-refractivity contribution in [1.29, 1.82) is 0 Å². The monoisotopic (exact) mass is 317 g/mol. The SMILES string of the molecule is COc1ccc(C[C@H](N)C(=O)OCCBr)cc1O. The highest BCUT2D eigenvalue weighted by Crippen LogP contribution is 2.26. The number of carbonyl (C=O) groups excluding carboxylic acids is 1. The first kappa shape index (κ1) is 14.8.